The summed E-state index contributed by atoms with van der Waals surface area (Å²) in [5.74, 6) is 0.960. The molecule has 1 aromatic heterocycles. The van der Waals surface area contributed by atoms with Gasteiger partial charge in [0.1, 0.15) is 0 Å². The minimum absolute atomic E-state index is 0.201. The second kappa shape index (κ2) is 11.1. The van der Waals surface area contributed by atoms with Gasteiger partial charge >= 0.3 is 0 Å². The smallest absolute Gasteiger partial charge is 0.162 e. The van der Waals surface area contributed by atoms with Gasteiger partial charge in [-0.3, -0.25) is 4.98 Å². The number of nitrogens with one attached hydrogen (secondary N) is 2. The molecule has 3 aromatic rings. The molecule has 0 spiro atoms. The van der Waals surface area contributed by atoms with E-state index in [-0.39, 0.29) is 11.7 Å². The summed E-state index contributed by atoms with van der Waals surface area (Å²) in [6, 6.07) is 14.1. The number of phenolic OH excluding ortho intramolecular Hbond substituents is 1. The van der Waals surface area contributed by atoms with Gasteiger partial charge < -0.3 is 20.5 Å². The van der Waals surface area contributed by atoms with Gasteiger partial charge in [0.15, 0.2) is 11.5 Å². The van der Waals surface area contributed by atoms with Crippen LogP contribution >= 0.6 is 0 Å². The van der Waals surface area contributed by atoms with Crippen molar-refractivity contribution in [3.05, 3.63) is 114 Å². The summed E-state index contributed by atoms with van der Waals surface area (Å²) in [4.78, 5) is 4.66. The Balaban J connectivity index is 1.20. The van der Waals surface area contributed by atoms with E-state index in [4.69, 9.17) is 4.74 Å². The molecule has 0 saturated carbocycles. The predicted molar refractivity (Wildman–Crippen MR) is 148 cm³/mol. The summed E-state index contributed by atoms with van der Waals surface area (Å²) < 4.78 is 5.18. The predicted octanol–water partition coefficient (Wildman–Crippen LogP) is 6.16. The van der Waals surface area contributed by atoms with Gasteiger partial charge in [-0.2, -0.15) is 0 Å². The number of allylic oxidation sites excluding steroid dienone is 10. The zero-order valence-electron chi connectivity index (χ0n) is 20.4. The monoisotopic (exact) mass is 477 g/mol. The summed E-state index contributed by atoms with van der Waals surface area (Å²) in [6.45, 7) is 2.26. The van der Waals surface area contributed by atoms with Crippen LogP contribution in [0.5, 0.6) is 11.5 Å². The van der Waals surface area contributed by atoms with Crippen LogP contribution in [0.2, 0.25) is 0 Å². The molecule has 5 rings (SSSR count). The number of anilines is 1. The van der Waals surface area contributed by atoms with Crippen LogP contribution in [0.1, 0.15) is 17.5 Å². The molecule has 3 N–H and O–H groups in total. The molecule has 0 aliphatic heterocycles. The number of methoxy groups -OCH3 is 1. The summed E-state index contributed by atoms with van der Waals surface area (Å²) >= 11 is 0. The largest absolute Gasteiger partial charge is 0.504 e. The highest BCUT2D eigenvalue weighted by Crippen LogP contribution is 2.36. The number of phenols is 1. The number of hydrogen-bond acceptors (Lipinski definition) is 5. The first-order chi connectivity index (χ1) is 17.7. The topological polar surface area (TPSA) is 66.4 Å². The Morgan fingerprint density at radius 3 is 2.86 bits per heavy atom. The zero-order valence-corrected chi connectivity index (χ0v) is 20.4. The Labute approximate surface area is 212 Å². The maximum Gasteiger partial charge on any atom is 0.162 e. The van der Waals surface area contributed by atoms with Crippen molar-refractivity contribution in [1.29, 1.82) is 0 Å². The zero-order chi connectivity index (χ0) is 24.7. The molecule has 0 radical (unpaired) electrons. The van der Waals surface area contributed by atoms with Crippen LogP contribution in [-0.2, 0) is 6.54 Å². The van der Waals surface area contributed by atoms with E-state index in [1.807, 2.05) is 24.4 Å². The van der Waals surface area contributed by atoms with E-state index in [9.17, 15) is 5.11 Å². The number of rotatable bonds is 9. The number of nitrogens with zero attached hydrogens (tertiary/aromatic N) is 1. The number of benzene rings is 2. The minimum atomic E-state index is 0.201. The molecule has 0 bridgehead atoms. The van der Waals surface area contributed by atoms with Gasteiger partial charge in [0, 0.05) is 41.8 Å². The third-order valence-corrected chi connectivity index (χ3v) is 6.61. The minimum Gasteiger partial charge on any atom is -0.504 e. The van der Waals surface area contributed by atoms with Crippen LogP contribution in [0.25, 0.3) is 16.5 Å². The second-order valence-electron chi connectivity index (χ2n) is 8.91. The first-order valence-electron chi connectivity index (χ1n) is 12.4. The summed E-state index contributed by atoms with van der Waals surface area (Å²) in [6.07, 6.45) is 20.1. The van der Waals surface area contributed by atoms with E-state index in [0.717, 1.165) is 41.7 Å². The number of hydrogen-bond donors (Lipinski definition) is 3. The molecule has 36 heavy (non-hydrogen) atoms. The molecule has 0 fully saturated rings. The van der Waals surface area contributed by atoms with E-state index in [0.29, 0.717) is 12.3 Å². The lowest BCUT2D eigenvalue weighted by Gasteiger charge is -2.21. The lowest BCUT2D eigenvalue weighted by molar-refractivity contribution is 0.369. The van der Waals surface area contributed by atoms with Crippen LogP contribution in [0.15, 0.2) is 103 Å². The van der Waals surface area contributed by atoms with Crippen molar-refractivity contribution >= 4 is 22.2 Å². The molecule has 0 saturated heterocycles. The quantitative estimate of drug-likeness (QED) is 0.322. The van der Waals surface area contributed by atoms with Crippen molar-refractivity contribution in [2.45, 2.75) is 13.0 Å². The number of aromatic hydroxyl groups is 1. The molecule has 1 heterocycles. The normalized spacial score (nSPS) is 16.3. The maximum atomic E-state index is 10.2. The molecule has 2 aliphatic carbocycles. The van der Waals surface area contributed by atoms with Crippen molar-refractivity contribution in [2.75, 3.05) is 25.5 Å². The fourth-order valence-corrected chi connectivity index (χ4v) is 4.72. The van der Waals surface area contributed by atoms with Gasteiger partial charge in [0.2, 0.25) is 0 Å². The molecule has 1 unspecified atom stereocenters. The van der Waals surface area contributed by atoms with E-state index in [2.05, 4.69) is 82.4 Å². The van der Waals surface area contributed by atoms with Crippen LogP contribution in [0.3, 0.4) is 0 Å². The molecule has 5 heteroatoms. The van der Waals surface area contributed by atoms with Crippen molar-refractivity contribution in [3.8, 4) is 11.5 Å². The SMILES string of the molecule is COc1cccc(CNCCCNc2ccnc3cc(C4=CC=CC5=CC=CC=CC54)ccc23)c1O. The number of ether oxygens (including phenoxy) is 1. The Morgan fingerprint density at radius 2 is 1.94 bits per heavy atom. The standard InChI is InChI=1S/C31H31N3O2/c1-36-30-13-6-10-24(31(30)35)21-32-17-7-18-33-28-16-19-34-29-20-23(14-15-27(28)29)26-12-5-9-22-8-3-2-4-11-25(22)26/h2-6,8-16,19-20,25,32,35H,7,17-18,21H2,1H3,(H,33,34). The number of aromatic nitrogens is 1. The first kappa shape index (κ1) is 23.6. The molecular formula is C31H31N3O2. The van der Waals surface area contributed by atoms with E-state index in [1.54, 1.807) is 13.2 Å². The Bertz CT molecular complexity index is 1400. The van der Waals surface area contributed by atoms with Gasteiger partial charge in [0.25, 0.3) is 0 Å². The van der Waals surface area contributed by atoms with E-state index < -0.39 is 0 Å². The average Bonchev–Trinajstić information content (AvgIpc) is 3.17. The maximum absolute atomic E-state index is 10.2. The summed E-state index contributed by atoms with van der Waals surface area (Å²) in [7, 11) is 1.56. The number of fused-ring (bicyclic) bond motifs is 2. The van der Waals surface area contributed by atoms with Crippen molar-refractivity contribution < 1.29 is 9.84 Å². The third kappa shape index (κ3) is 5.11. The third-order valence-electron chi connectivity index (χ3n) is 6.61. The number of para-hydroxylation sites is 1. The first-order valence-corrected chi connectivity index (χ1v) is 12.4. The van der Waals surface area contributed by atoms with Crippen LogP contribution in [0.4, 0.5) is 5.69 Å². The highest BCUT2D eigenvalue weighted by atomic mass is 16.5. The van der Waals surface area contributed by atoms with Gasteiger partial charge in [-0.15, -0.1) is 0 Å². The molecule has 0 amide bonds. The van der Waals surface area contributed by atoms with Gasteiger partial charge in [0.05, 0.1) is 12.6 Å². The van der Waals surface area contributed by atoms with E-state index >= 15 is 0 Å². The Morgan fingerprint density at radius 1 is 1.00 bits per heavy atom. The highest BCUT2D eigenvalue weighted by Gasteiger charge is 2.19. The van der Waals surface area contributed by atoms with Crippen molar-refractivity contribution in [2.24, 2.45) is 5.92 Å². The lowest BCUT2D eigenvalue weighted by atomic mass is 9.83. The van der Waals surface area contributed by atoms with Crippen LogP contribution < -0.4 is 15.4 Å². The van der Waals surface area contributed by atoms with Crippen molar-refractivity contribution in [1.82, 2.24) is 10.3 Å². The van der Waals surface area contributed by atoms with Gasteiger partial charge in [-0.1, -0.05) is 72.9 Å². The molecule has 182 valence electrons. The van der Waals surface area contributed by atoms with Crippen molar-refractivity contribution in [3.63, 3.8) is 0 Å². The second-order valence-corrected chi connectivity index (χ2v) is 8.91. The van der Waals surface area contributed by atoms with Crippen LogP contribution in [0, 0.1) is 5.92 Å². The van der Waals surface area contributed by atoms with Crippen LogP contribution in [-0.4, -0.2) is 30.3 Å². The lowest BCUT2D eigenvalue weighted by Crippen LogP contribution is -2.18. The molecule has 2 aliphatic rings. The molecule has 1 atom stereocenters. The van der Waals surface area contributed by atoms with Gasteiger partial charge in [-0.05, 0) is 47.9 Å². The Kier molecular flexibility index (Phi) is 7.29. The average molecular weight is 478 g/mol. The summed E-state index contributed by atoms with van der Waals surface area (Å²) in [5, 5.41) is 18.3. The van der Waals surface area contributed by atoms with E-state index in [1.165, 1.54) is 16.7 Å². The Hall–Kier alpha value is -4.09. The molecular weight excluding hydrogens is 446 g/mol. The fourth-order valence-electron chi connectivity index (χ4n) is 4.72. The van der Waals surface area contributed by atoms with Gasteiger partial charge in [-0.25, -0.2) is 0 Å². The molecule has 2 aromatic carbocycles. The highest BCUT2D eigenvalue weighted by molar-refractivity contribution is 5.93. The molecule has 5 nitrogen and oxygen atoms in total. The fraction of sp³-hybridized carbons (Fsp3) is 0.194. The number of pyridine rings is 1. The summed E-state index contributed by atoms with van der Waals surface area (Å²) in [5.41, 5.74) is 6.70.